The predicted molar refractivity (Wildman–Crippen MR) is 391 cm³/mol. The fraction of sp³-hybridized carbons (Fsp3) is 0.697. The van der Waals surface area contributed by atoms with E-state index < -0.39 is 242 Å². The van der Waals surface area contributed by atoms with Crippen LogP contribution in [-0.4, -0.2) is 313 Å². The van der Waals surface area contributed by atoms with Crippen LogP contribution in [-0.2, 0) is 86.3 Å². The Kier molecular flexibility index (Phi) is 36.7. The topological polar surface area (TPSA) is 682 Å². The lowest BCUT2D eigenvalue weighted by molar-refractivity contribution is -0.149. The van der Waals surface area contributed by atoms with Crippen molar-refractivity contribution in [1.82, 2.24) is 78.1 Å². The zero-order chi connectivity index (χ0) is 82.3. The summed E-state index contributed by atoms with van der Waals surface area (Å²) in [5.74, 6) is -20.2. The molecule has 5 saturated heterocycles. The Morgan fingerprint density at radius 3 is 1.35 bits per heavy atom. The number of guanidine groups is 2. The zero-order valence-electron chi connectivity index (χ0n) is 61.8. The van der Waals surface area contributed by atoms with Crippen LogP contribution >= 0.6 is 12.6 Å². The van der Waals surface area contributed by atoms with Gasteiger partial charge in [-0.1, -0.05) is 13.8 Å². The molecule has 0 unspecified atom stereocenters. The van der Waals surface area contributed by atoms with Crippen LogP contribution < -0.4 is 81.4 Å². The molecule has 0 aromatic rings. The first-order valence-electron chi connectivity index (χ1n) is 36.7. The number of hydrogen-bond acceptors (Lipinski definition) is 23. The number of likely N-dealkylation sites (tertiary alicyclic amines) is 4. The van der Waals surface area contributed by atoms with Gasteiger partial charge in [0.05, 0.1) is 32.0 Å². The molecule has 14 amide bonds. The number of carboxylic acids is 4. The molecule has 5 heterocycles. The van der Waals surface area contributed by atoms with Crippen LogP contribution in [0.5, 0.6) is 0 Å². The Morgan fingerprint density at radius 1 is 0.441 bits per heavy atom. The summed E-state index contributed by atoms with van der Waals surface area (Å²) < 4.78 is 0. The summed E-state index contributed by atoms with van der Waals surface area (Å²) >= 11 is 4.03. The van der Waals surface area contributed by atoms with E-state index in [1.54, 1.807) is 13.8 Å². The first kappa shape index (κ1) is 90.9. The molecule has 5 fully saturated rings. The van der Waals surface area contributed by atoms with Crippen molar-refractivity contribution in [2.75, 3.05) is 71.3 Å². The number of carbonyl (C=O) groups excluding carboxylic acids is 14. The van der Waals surface area contributed by atoms with E-state index in [2.05, 4.69) is 75.8 Å². The molecule has 0 spiro atoms. The molecule has 0 saturated carbocycles. The lowest BCUT2D eigenvalue weighted by atomic mass is 10.0. The van der Waals surface area contributed by atoms with Crippen LogP contribution in [0, 0.1) is 5.92 Å². The van der Waals surface area contributed by atoms with Crippen molar-refractivity contribution in [3.63, 3.8) is 0 Å². The first-order chi connectivity index (χ1) is 52.5. The normalized spacial score (nSPS) is 20.1. The number of hydrogen-bond donors (Lipinski definition) is 21. The van der Waals surface area contributed by atoms with E-state index in [0.29, 0.717) is 32.2 Å². The second-order valence-corrected chi connectivity index (χ2v) is 28.2. The van der Waals surface area contributed by atoms with Gasteiger partial charge in [0.15, 0.2) is 11.9 Å². The van der Waals surface area contributed by atoms with Gasteiger partial charge in [-0.2, -0.15) is 12.6 Å². The highest BCUT2D eigenvalue weighted by Gasteiger charge is 2.47. The number of nitrogens with zero attached hydrogens (tertiary/aromatic N) is 6. The van der Waals surface area contributed by atoms with E-state index in [9.17, 15) is 107 Å². The second kappa shape index (κ2) is 44.8. The molecule has 5 aliphatic heterocycles. The highest BCUT2D eigenvalue weighted by molar-refractivity contribution is 7.80. The number of amides is 14. The molecule has 13 atom stereocenters. The molecule has 5 rings (SSSR count). The van der Waals surface area contributed by atoms with Crippen LogP contribution in [0.2, 0.25) is 0 Å². The lowest BCUT2D eigenvalue weighted by Gasteiger charge is -2.34. The SMILES string of the molecule is CC(C)C[C@H](NC(=O)[C@H](CCCN=C(N)N)NC(=O)[C@H](CC(=O)O)NC(=O)[C@@H]1CCCN1C(=O)[C@@H]1CCCN1C(=O)[C@H](CCC(=O)O)NC(=O)[C@@H]1CCCN1C(=O)[C@@H]1CCCN1C(=O)CNC(=O)[C@H](CCCN=C(N)N)NC(=O)[C@@H]1CCCN1)C(=O)N[C@@H](CO)C(=O)N[C@@H](CS)C(=O)N[C@@H](CC(=O)O)C(=O)NCC(=O)O. The minimum Gasteiger partial charge on any atom is -0.481 e. The molecule has 0 bridgehead atoms. The Bertz CT molecular complexity index is 3460. The fourth-order valence-electron chi connectivity index (χ4n) is 13.5. The summed E-state index contributed by atoms with van der Waals surface area (Å²) in [6.07, 6.45) is -0.571. The van der Waals surface area contributed by atoms with Crippen LogP contribution in [0.25, 0.3) is 0 Å². The molecule has 111 heavy (non-hydrogen) atoms. The van der Waals surface area contributed by atoms with Crippen molar-refractivity contribution in [2.45, 2.75) is 214 Å². The third-order valence-electron chi connectivity index (χ3n) is 19.0. The van der Waals surface area contributed by atoms with E-state index in [-0.39, 0.29) is 115 Å². The van der Waals surface area contributed by atoms with Gasteiger partial charge in [-0.05, 0) is 115 Å². The van der Waals surface area contributed by atoms with Crippen LogP contribution in [0.4, 0.5) is 0 Å². The molecular weight excluding hydrogens is 1490 g/mol. The Morgan fingerprint density at radius 2 is 0.856 bits per heavy atom. The molecule has 24 N–H and O–H groups in total. The third kappa shape index (κ3) is 28.6. The molecule has 618 valence electrons. The Balaban J connectivity index is 1.26. The van der Waals surface area contributed by atoms with Gasteiger partial charge >= 0.3 is 23.9 Å². The number of aliphatic hydroxyl groups excluding tert-OH is 1. The van der Waals surface area contributed by atoms with Crippen LogP contribution in [0.15, 0.2) is 9.98 Å². The van der Waals surface area contributed by atoms with Gasteiger partial charge in [0.2, 0.25) is 82.7 Å². The molecular formula is C66H105N21O23S. The summed E-state index contributed by atoms with van der Waals surface area (Å²) in [5.41, 5.74) is 21.9. The molecule has 44 nitrogen and oxygen atoms in total. The minimum absolute atomic E-state index is 0.0318. The van der Waals surface area contributed by atoms with E-state index >= 15 is 0 Å². The monoisotopic (exact) mass is 1590 g/mol. The van der Waals surface area contributed by atoms with Crippen molar-refractivity contribution in [2.24, 2.45) is 38.8 Å². The van der Waals surface area contributed by atoms with Crippen molar-refractivity contribution < 1.29 is 112 Å². The number of carboxylic acid groups (broad SMARTS) is 4. The van der Waals surface area contributed by atoms with E-state index in [1.165, 1.54) is 9.80 Å². The third-order valence-corrected chi connectivity index (χ3v) is 19.3. The molecule has 0 aliphatic carbocycles. The fourth-order valence-corrected chi connectivity index (χ4v) is 13.7. The van der Waals surface area contributed by atoms with Crippen molar-refractivity contribution in [1.29, 1.82) is 0 Å². The highest BCUT2D eigenvalue weighted by atomic mass is 32.1. The Hall–Kier alpha value is -10.7. The molecule has 45 heteroatoms. The molecule has 0 radical (unpaired) electrons. The summed E-state index contributed by atoms with van der Waals surface area (Å²) in [7, 11) is 0. The maximum atomic E-state index is 14.7. The molecule has 0 aromatic carbocycles. The van der Waals surface area contributed by atoms with Crippen molar-refractivity contribution >= 4 is 131 Å². The Labute approximate surface area is 643 Å². The number of aliphatic imine (C=N–C) groups is 2. The number of carbonyl (C=O) groups is 18. The van der Waals surface area contributed by atoms with Gasteiger partial charge < -0.3 is 127 Å². The maximum absolute atomic E-state index is 14.7. The van der Waals surface area contributed by atoms with E-state index in [1.807, 2.05) is 5.32 Å². The average Bonchev–Trinajstić information content (AvgIpc) is 1.67. The second-order valence-electron chi connectivity index (χ2n) is 27.8. The number of nitrogens with one attached hydrogen (secondary N) is 11. The minimum atomic E-state index is -1.96. The van der Waals surface area contributed by atoms with E-state index in [4.69, 9.17) is 28.0 Å². The standard InChI is InChI=1S/C66H105N21O23S/c1-33(2)26-38(56(102)82-41(31-88)58(104)83-42(32-111)59(105)80-39(27-49(92)93)53(99)75-30-51(96)97)79-55(101)36(12-5-21-73-66(69)70)77-57(103)40(28-50(94)95)81-61(107)44-14-7-24-86(44)64(110)46-16-9-25-87(46)62(108)37(17-18-48(90)91)78-60(106)43-13-6-23-85(43)63(109)45-15-8-22-84(45)47(89)29-74-52(98)35(11-4-20-72-65(67)68)76-54(100)34-10-3-19-71-34/h33-46,71,88,111H,3-32H2,1-2H3,(H,74,98)(H,75,99)(H,76,100)(H,77,103)(H,78,106)(H,79,101)(H,80,105)(H,81,107)(H,82,102)(H,83,104)(H,90,91)(H,92,93)(H,94,95)(H,96,97)(H4,67,68,72)(H4,69,70,73)/t34-,35-,36-,37-,38-,39-,40-,41-,42-,43-,44-,45-,46-/m0/s1. The van der Waals surface area contributed by atoms with E-state index in [0.717, 1.165) is 16.2 Å². The molecule has 5 aliphatic rings. The van der Waals surface area contributed by atoms with Gasteiger partial charge in [-0.3, -0.25) is 96.3 Å². The first-order valence-corrected chi connectivity index (χ1v) is 37.3. The summed E-state index contributed by atoms with van der Waals surface area (Å²) in [6.45, 7) is 1.38. The maximum Gasteiger partial charge on any atom is 0.322 e. The highest BCUT2D eigenvalue weighted by Crippen LogP contribution is 2.29. The van der Waals surface area contributed by atoms with Gasteiger partial charge in [-0.15, -0.1) is 0 Å². The van der Waals surface area contributed by atoms with Crippen molar-refractivity contribution in [3.05, 3.63) is 0 Å². The van der Waals surface area contributed by atoms with Crippen LogP contribution in [0.3, 0.4) is 0 Å². The molecule has 0 aromatic heterocycles. The van der Waals surface area contributed by atoms with Gasteiger partial charge in [0.1, 0.15) is 79.0 Å². The van der Waals surface area contributed by atoms with Gasteiger partial charge in [0, 0.05) is 51.4 Å². The lowest BCUT2D eigenvalue weighted by Crippen LogP contribution is -2.61. The zero-order valence-corrected chi connectivity index (χ0v) is 62.7. The van der Waals surface area contributed by atoms with Crippen molar-refractivity contribution in [3.8, 4) is 0 Å². The number of nitrogens with two attached hydrogens (primary N) is 4. The number of aliphatic hydroxyl groups is 1. The number of thiol groups is 1. The largest absolute Gasteiger partial charge is 0.481 e. The average molecular weight is 1590 g/mol. The van der Waals surface area contributed by atoms with Crippen LogP contribution in [0.1, 0.15) is 136 Å². The van der Waals surface area contributed by atoms with Gasteiger partial charge in [-0.25, -0.2) is 0 Å². The number of rotatable bonds is 44. The predicted octanol–water partition coefficient (Wildman–Crippen LogP) is -9.21. The summed E-state index contributed by atoms with van der Waals surface area (Å²) in [5, 5.41) is 75.1. The number of aliphatic carboxylic acids is 4. The summed E-state index contributed by atoms with van der Waals surface area (Å²) in [6, 6.07) is -18.6. The van der Waals surface area contributed by atoms with Gasteiger partial charge in [0.25, 0.3) is 0 Å². The smallest absolute Gasteiger partial charge is 0.322 e. The summed E-state index contributed by atoms with van der Waals surface area (Å²) in [4.78, 5) is 255. The quantitative estimate of drug-likeness (QED) is 0.0117.